The van der Waals surface area contributed by atoms with E-state index in [1.54, 1.807) is 18.2 Å². The number of morpholine rings is 1. The van der Waals surface area contributed by atoms with Crippen molar-refractivity contribution in [3.05, 3.63) is 28.2 Å². The van der Waals surface area contributed by atoms with E-state index in [4.69, 9.17) is 37.4 Å². The van der Waals surface area contributed by atoms with Crippen LogP contribution in [0.2, 0.25) is 10.0 Å². The van der Waals surface area contributed by atoms with Gasteiger partial charge in [-0.05, 0) is 31.4 Å². The summed E-state index contributed by atoms with van der Waals surface area (Å²) in [6.45, 7) is 3.16. The molecule has 7 heteroatoms. The Morgan fingerprint density at radius 2 is 1.92 bits per heavy atom. The predicted octanol–water partition coefficient (Wildman–Crippen LogP) is 3.56. The first kappa shape index (κ1) is 18.8. The second-order valence-electron chi connectivity index (χ2n) is 6.39. The van der Waals surface area contributed by atoms with E-state index in [0.717, 1.165) is 45.6 Å². The molecular weight excluding hydrogens is 365 g/mol. The smallest absolute Gasteiger partial charge is 0.344 e. The molecule has 1 aromatic carbocycles. The number of halogens is 2. The van der Waals surface area contributed by atoms with Crippen LogP contribution in [0.15, 0.2) is 18.2 Å². The van der Waals surface area contributed by atoms with E-state index in [-0.39, 0.29) is 24.7 Å². The highest BCUT2D eigenvalue weighted by Crippen LogP contribution is 2.28. The maximum absolute atomic E-state index is 12.2. The van der Waals surface area contributed by atoms with Gasteiger partial charge in [-0.1, -0.05) is 29.6 Å². The summed E-state index contributed by atoms with van der Waals surface area (Å²) in [6, 6.07) is 5.19. The fourth-order valence-corrected chi connectivity index (χ4v) is 3.74. The van der Waals surface area contributed by atoms with Crippen molar-refractivity contribution in [2.24, 2.45) is 0 Å². The molecule has 2 atom stereocenters. The summed E-state index contributed by atoms with van der Waals surface area (Å²) in [4.78, 5) is 14.6. The third kappa shape index (κ3) is 5.23. The molecule has 0 amide bonds. The SMILES string of the molecule is O=C(COc1ccc(Cl)c(Cl)c1)OC1CCCCC1N1CCOCC1. The fraction of sp³-hybridized carbons (Fsp3) is 0.611. The zero-order valence-electron chi connectivity index (χ0n) is 14.1. The summed E-state index contributed by atoms with van der Waals surface area (Å²) in [7, 11) is 0. The number of rotatable bonds is 5. The molecule has 0 radical (unpaired) electrons. The summed E-state index contributed by atoms with van der Waals surface area (Å²) in [5, 5.41) is 0.847. The monoisotopic (exact) mass is 387 g/mol. The molecule has 1 aliphatic carbocycles. The van der Waals surface area contributed by atoms with E-state index in [0.29, 0.717) is 15.8 Å². The lowest BCUT2D eigenvalue weighted by Crippen LogP contribution is -2.51. The van der Waals surface area contributed by atoms with Crippen LogP contribution in [0.1, 0.15) is 25.7 Å². The Balaban J connectivity index is 1.52. The minimum atomic E-state index is -0.351. The summed E-state index contributed by atoms with van der Waals surface area (Å²) < 4.78 is 16.6. The van der Waals surface area contributed by atoms with Crippen molar-refractivity contribution >= 4 is 29.2 Å². The molecule has 2 aliphatic rings. The van der Waals surface area contributed by atoms with E-state index in [1.807, 2.05) is 0 Å². The quantitative estimate of drug-likeness (QED) is 0.722. The minimum absolute atomic E-state index is 0.0724. The van der Waals surface area contributed by atoms with E-state index >= 15 is 0 Å². The highest BCUT2D eigenvalue weighted by molar-refractivity contribution is 6.42. The van der Waals surface area contributed by atoms with Gasteiger partial charge in [0.1, 0.15) is 11.9 Å². The molecule has 0 aromatic heterocycles. The Kier molecular flexibility index (Phi) is 6.82. The molecule has 0 spiro atoms. The zero-order valence-corrected chi connectivity index (χ0v) is 15.6. The molecular formula is C18H23Cl2NO4. The summed E-state index contributed by atoms with van der Waals surface area (Å²) in [5.41, 5.74) is 0. The lowest BCUT2D eigenvalue weighted by atomic mass is 9.91. The first-order valence-electron chi connectivity index (χ1n) is 8.72. The summed E-state index contributed by atoms with van der Waals surface area (Å²) in [6.07, 6.45) is 4.16. The maximum atomic E-state index is 12.2. The van der Waals surface area contributed by atoms with Gasteiger partial charge in [-0.15, -0.1) is 0 Å². The normalized spacial score (nSPS) is 24.7. The summed E-state index contributed by atoms with van der Waals surface area (Å²) >= 11 is 11.8. The number of hydrogen-bond donors (Lipinski definition) is 0. The Hall–Kier alpha value is -1.01. The number of hydrogen-bond acceptors (Lipinski definition) is 5. The van der Waals surface area contributed by atoms with Crippen molar-refractivity contribution < 1.29 is 19.0 Å². The Morgan fingerprint density at radius 1 is 1.16 bits per heavy atom. The molecule has 1 aromatic rings. The number of carbonyl (C=O) groups excluding carboxylic acids is 1. The number of benzene rings is 1. The largest absolute Gasteiger partial charge is 0.482 e. The van der Waals surface area contributed by atoms with E-state index < -0.39 is 0 Å². The topological polar surface area (TPSA) is 48.0 Å². The van der Waals surface area contributed by atoms with Crippen LogP contribution in [0, 0.1) is 0 Å². The molecule has 1 aliphatic heterocycles. The minimum Gasteiger partial charge on any atom is -0.482 e. The second kappa shape index (κ2) is 9.08. The Bertz CT molecular complexity index is 592. The third-order valence-corrected chi connectivity index (χ3v) is 5.45. The van der Waals surface area contributed by atoms with Gasteiger partial charge in [0.25, 0.3) is 0 Å². The molecule has 3 rings (SSSR count). The van der Waals surface area contributed by atoms with Gasteiger partial charge in [0, 0.05) is 25.2 Å². The van der Waals surface area contributed by atoms with Gasteiger partial charge in [0.2, 0.25) is 0 Å². The fourth-order valence-electron chi connectivity index (χ4n) is 3.45. The van der Waals surface area contributed by atoms with Crippen LogP contribution in [0.3, 0.4) is 0 Å². The van der Waals surface area contributed by atoms with Gasteiger partial charge >= 0.3 is 5.97 Å². The molecule has 1 saturated carbocycles. The highest BCUT2D eigenvalue weighted by atomic mass is 35.5. The van der Waals surface area contributed by atoms with Gasteiger partial charge in [-0.2, -0.15) is 0 Å². The van der Waals surface area contributed by atoms with Crippen LogP contribution < -0.4 is 4.74 Å². The van der Waals surface area contributed by atoms with Crippen molar-refractivity contribution in [3.8, 4) is 5.75 Å². The first-order valence-corrected chi connectivity index (χ1v) is 9.48. The van der Waals surface area contributed by atoms with Crippen molar-refractivity contribution in [1.29, 1.82) is 0 Å². The van der Waals surface area contributed by atoms with E-state index in [2.05, 4.69) is 4.90 Å². The number of esters is 1. The highest BCUT2D eigenvalue weighted by Gasteiger charge is 2.33. The first-order chi connectivity index (χ1) is 12.1. The molecule has 1 heterocycles. The predicted molar refractivity (Wildman–Crippen MR) is 96.5 cm³/mol. The molecule has 1 saturated heterocycles. The van der Waals surface area contributed by atoms with Gasteiger partial charge < -0.3 is 14.2 Å². The van der Waals surface area contributed by atoms with Gasteiger partial charge in [-0.25, -0.2) is 4.79 Å². The van der Waals surface area contributed by atoms with Crippen LogP contribution in [0.5, 0.6) is 5.75 Å². The molecule has 5 nitrogen and oxygen atoms in total. The maximum Gasteiger partial charge on any atom is 0.344 e. The molecule has 138 valence electrons. The lowest BCUT2D eigenvalue weighted by Gasteiger charge is -2.40. The molecule has 25 heavy (non-hydrogen) atoms. The number of carbonyl (C=O) groups is 1. The van der Waals surface area contributed by atoms with Gasteiger partial charge in [0.15, 0.2) is 6.61 Å². The third-order valence-electron chi connectivity index (χ3n) is 4.71. The number of nitrogens with zero attached hydrogens (tertiary/aromatic N) is 1. The van der Waals surface area contributed by atoms with Crippen LogP contribution in [-0.2, 0) is 14.3 Å². The molecule has 0 N–H and O–H groups in total. The zero-order chi connectivity index (χ0) is 17.6. The average Bonchev–Trinajstić information content (AvgIpc) is 2.64. The summed E-state index contributed by atoms with van der Waals surface area (Å²) in [5.74, 6) is 0.149. The lowest BCUT2D eigenvalue weighted by molar-refractivity contribution is -0.158. The molecule has 0 bridgehead atoms. The Labute approximate surface area is 158 Å². The van der Waals surface area contributed by atoms with Crippen molar-refractivity contribution in [1.82, 2.24) is 4.90 Å². The van der Waals surface area contributed by atoms with Crippen molar-refractivity contribution in [2.45, 2.75) is 37.8 Å². The molecule has 2 unspecified atom stereocenters. The van der Waals surface area contributed by atoms with Crippen molar-refractivity contribution in [2.75, 3.05) is 32.9 Å². The van der Waals surface area contributed by atoms with Crippen LogP contribution in [0.4, 0.5) is 0 Å². The second-order valence-corrected chi connectivity index (χ2v) is 7.21. The van der Waals surface area contributed by atoms with Crippen LogP contribution >= 0.6 is 23.2 Å². The van der Waals surface area contributed by atoms with Gasteiger partial charge in [0.05, 0.1) is 23.3 Å². The number of ether oxygens (including phenoxy) is 3. The van der Waals surface area contributed by atoms with Crippen molar-refractivity contribution in [3.63, 3.8) is 0 Å². The van der Waals surface area contributed by atoms with Gasteiger partial charge in [-0.3, -0.25) is 4.90 Å². The van der Waals surface area contributed by atoms with E-state index in [1.165, 1.54) is 6.42 Å². The molecule has 2 fully saturated rings. The van der Waals surface area contributed by atoms with Crippen LogP contribution in [-0.4, -0.2) is 55.9 Å². The standard InChI is InChI=1S/C18H23Cl2NO4/c19-14-6-5-13(11-15(14)20)24-12-18(22)25-17-4-2-1-3-16(17)21-7-9-23-10-8-21/h5-6,11,16-17H,1-4,7-10,12H2. The Morgan fingerprint density at radius 3 is 2.68 bits per heavy atom. The van der Waals surface area contributed by atoms with Crippen LogP contribution in [0.25, 0.3) is 0 Å². The average molecular weight is 388 g/mol. The van der Waals surface area contributed by atoms with E-state index in [9.17, 15) is 4.79 Å².